The Balaban J connectivity index is 2.34. The number of esters is 1. The van der Waals surface area contributed by atoms with E-state index >= 15 is 0 Å². The van der Waals surface area contributed by atoms with Gasteiger partial charge in [-0.25, -0.2) is 4.39 Å². The van der Waals surface area contributed by atoms with Crippen LogP contribution in [0.1, 0.15) is 25.8 Å². The molecule has 0 amide bonds. The number of nitrogens with one attached hydrogen (secondary N) is 1. The average Bonchev–Trinajstić information content (AvgIpc) is 2.85. The van der Waals surface area contributed by atoms with Crippen molar-refractivity contribution in [1.29, 1.82) is 0 Å². The van der Waals surface area contributed by atoms with E-state index in [1.54, 1.807) is 12.1 Å². The van der Waals surface area contributed by atoms with Crippen LogP contribution >= 0.6 is 0 Å². The van der Waals surface area contributed by atoms with Gasteiger partial charge >= 0.3 is 5.97 Å². The van der Waals surface area contributed by atoms with Crippen molar-refractivity contribution in [1.82, 2.24) is 5.32 Å². The van der Waals surface area contributed by atoms with Gasteiger partial charge in [-0.2, -0.15) is 0 Å². The molecule has 1 saturated heterocycles. The lowest BCUT2D eigenvalue weighted by molar-refractivity contribution is -0.149. The Hall–Kier alpha value is -1.42. The highest BCUT2D eigenvalue weighted by Crippen LogP contribution is 2.39. The molecule has 0 radical (unpaired) electrons. The van der Waals surface area contributed by atoms with Crippen molar-refractivity contribution in [3.05, 3.63) is 35.6 Å². The molecular formula is C15H20FNO2. The van der Waals surface area contributed by atoms with E-state index < -0.39 is 0 Å². The maximum Gasteiger partial charge on any atom is 0.311 e. The molecule has 0 bridgehead atoms. The summed E-state index contributed by atoms with van der Waals surface area (Å²) in [5.41, 5.74) is 0.708. The Morgan fingerprint density at radius 1 is 1.42 bits per heavy atom. The van der Waals surface area contributed by atoms with Crippen LogP contribution in [0.25, 0.3) is 0 Å². The van der Waals surface area contributed by atoms with Crippen molar-refractivity contribution in [2.75, 3.05) is 19.7 Å². The first-order valence-electron chi connectivity index (χ1n) is 6.77. The molecule has 1 aliphatic heterocycles. The number of rotatable bonds is 4. The number of carbonyl (C=O) groups excluding carboxylic acids is 1. The average molecular weight is 265 g/mol. The van der Waals surface area contributed by atoms with Gasteiger partial charge in [-0.15, -0.1) is 0 Å². The third-order valence-corrected chi connectivity index (χ3v) is 4.08. The van der Waals surface area contributed by atoms with Crippen LogP contribution < -0.4 is 5.32 Å². The normalized spacial score (nSPS) is 26.4. The fourth-order valence-electron chi connectivity index (χ4n) is 2.97. The van der Waals surface area contributed by atoms with E-state index in [1.165, 1.54) is 12.1 Å². The highest BCUT2D eigenvalue weighted by molar-refractivity contribution is 5.75. The standard InChI is InChI=1S/C15H20FNO2/c1-3-15(11-5-7-12(16)8-6-11)10-17-9-13(15)14(18)19-4-2/h5-8,13,17H,3-4,9-10H2,1-2H3. The monoisotopic (exact) mass is 265 g/mol. The Labute approximate surface area is 113 Å². The fraction of sp³-hybridized carbons (Fsp3) is 0.533. The lowest BCUT2D eigenvalue weighted by atomic mass is 9.70. The van der Waals surface area contributed by atoms with Crippen LogP contribution in [-0.2, 0) is 14.9 Å². The van der Waals surface area contributed by atoms with E-state index in [1.807, 2.05) is 6.92 Å². The molecule has 0 aliphatic carbocycles. The molecule has 1 aromatic carbocycles. The summed E-state index contributed by atoms with van der Waals surface area (Å²) in [5.74, 6) is -0.629. The van der Waals surface area contributed by atoms with Crippen LogP contribution in [0.4, 0.5) is 4.39 Å². The zero-order valence-electron chi connectivity index (χ0n) is 11.4. The number of hydrogen-bond acceptors (Lipinski definition) is 3. The van der Waals surface area contributed by atoms with Gasteiger partial charge in [0.2, 0.25) is 0 Å². The SMILES string of the molecule is CCOC(=O)C1CNCC1(CC)c1ccc(F)cc1. The van der Waals surface area contributed by atoms with Crippen LogP contribution in [0, 0.1) is 11.7 Å². The first-order chi connectivity index (χ1) is 9.14. The third kappa shape index (κ3) is 2.50. The van der Waals surface area contributed by atoms with Gasteiger partial charge in [-0.3, -0.25) is 4.79 Å². The molecule has 19 heavy (non-hydrogen) atoms. The summed E-state index contributed by atoms with van der Waals surface area (Å²) in [6.45, 7) is 5.59. The number of benzene rings is 1. The van der Waals surface area contributed by atoms with E-state index in [4.69, 9.17) is 4.74 Å². The Morgan fingerprint density at radius 3 is 2.68 bits per heavy atom. The van der Waals surface area contributed by atoms with Crippen molar-refractivity contribution in [3.8, 4) is 0 Å². The molecule has 1 aliphatic rings. The lowest BCUT2D eigenvalue weighted by Gasteiger charge is -2.33. The maximum absolute atomic E-state index is 13.1. The predicted molar refractivity (Wildman–Crippen MR) is 71.4 cm³/mol. The third-order valence-electron chi connectivity index (χ3n) is 4.08. The van der Waals surface area contributed by atoms with Crippen molar-refractivity contribution in [2.45, 2.75) is 25.7 Å². The van der Waals surface area contributed by atoms with E-state index in [0.717, 1.165) is 18.5 Å². The summed E-state index contributed by atoms with van der Waals surface area (Å²) in [7, 11) is 0. The molecule has 1 heterocycles. The molecule has 0 aromatic heterocycles. The second kappa shape index (κ2) is 5.70. The number of halogens is 1. The number of ether oxygens (including phenoxy) is 1. The smallest absolute Gasteiger partial charge is 0.311 e. The molecule has 2 atom stereocenters. The minimum Gasteiger partial charge on any atom is -0.466 e. The van der Waals surface area contributed by atoms with Crippen molar-refractivity contribution < 1.29 is 13.9 Å². The second-order valence-corrected chi connectivity index (χ2v) is 4.95. The minimum atomic E-state index is -0.292. The summed E-state index contributed by atoms with van der Waals surface area (Å²) in [6.07, 6.45) is 0.815. The highest BCUT2D eigenvalue weighted by Gasteiger charge is 2.47. The second-order valence-electron chi connectivity index (χ2n) is 4.95. The van der Waals surface area contributed by atoms with Gasteiger partial charge < -0.3 is 10.1 Å². The number of hydrogen-bond donors (Lipinski definition) is 1. The summed E-state index contributed by atoms with van der Waals surface area (Å²) >= 11 is 0. The van der Waals surface area contributed by atoms with Crippen LogP contribution in [0.5, 0.6) is 0 Å². The van der Waals surface area contributed by atoms with E-state index in [9.17, 15) is 9.18 Å². The van der Waals surface area contributed by atoms with Gasteiger partial charge in [0.25, 0.3) is 0 Å². The molecule has 3 nitrogen and oxygen atoms in total. The highest BCUT2D eigenvalue weighted by atomic mass is 19.1. The van der Waals surface area contributed by atoms with Crippen LogP contribution in [0.15, 0.2) is 24.3 Å². The summed E-state index contributed by atoms with van der Waals surface area (Å²) < 4.78 is 18.2. The van der Waals surface area contributed by atoms with E-state index in [-0.39, 0.29) is 23.1 Å². The first kappa shape index (κ1) is 14.0. The topological polar surface area (TPSA) is 38.3 Å². The van der Waals surface area contributed by atoms with Gasteiger partial charge in [-0.1, -0.05) is 19.1 Å². The Morgan fingerprint density at radius 2 is 2.11 bits per heavy atom. The van der Waals surface area contributed by atoms with E-state index in [0.29, 0.717) is 13.2 Å². The Kier molecular flexibility index (Phi) is 4.20. The van der Waals surface area contributed by atoms with Crippen LogP contribution in [0.3, 0.4) is 0 Å². The van der Waals surface area contributed by atoms with E-state index in [2.05, 4.69) is 12.2 Å². The molecule has 1 N–H and O–H groups in total. The van der Waals surface area contributed by atoms with Crippen LogP contribution in [0.2, 0.25) is 0 Å². The molecule has 0 saturated carbocycles. The van der Waals surface area contributed by atoms with Crippen molar-refractivity contribution in [2.24, 2.45) is 5.92 Å². The van der Waals surface area contributed by atoms with Gasteiger partial charge in [0.1, 0.15) is 5.82 Å². The molecule has 2 unspecified atom stereocenters. The fourth-order valence-corrected chi connectivity index (χ4v) is 2.97. The first-order valence-corrected chi connectivity index (χ1v) is 6.77. The van der Waals surface area contributed by atoms with Gasteiger partial charge in [-0.05, 0) is 31.0 Å². The van der Waals surface area contributed by atoms with Crippen LogP contribution in [-0.4, -0.2) is 25.7 Å². The van der Waals surface area contributed by atoms with Crippen molar-refractivity contribution >= 4 is 5.97 Å². The zero-order valence-corrected chi connectivity index (χ0v) is 11.4. The van der Waals surface area contributed by atoms with Gasteiger partial charge in [0.05, 0.1) is 12.5 Å². The maximum atomic E-state index is 13.1. The molecule has 104 valence electrons. The molecule has 1 aromatic rings. The number of carbonyl (C=O) groups is 1. The minimum absolute atomic E-state index is 0.168. The Bertz CT molecular complexity index is 446. The molecule has 4 heteroatoms. The summed E-state index contributed by atoms with van der Waals surface area (Å²) in [6, 6.07) is 6.46. The van der Waals surface area contributed by atoms with Crippen molar-refractivity contribution in [3.63, 3.8) is 0 Å². The van der Waals surface area contributed by atoms with Gasteiger partial charge in [0, 0.05) is 18.5 Å². The largest absolute Gasteiger partial charge is 0.466 e. The molecule has 2 rings (SSSR count). The molecule has 1 fully saturated rings. The molecule has 0 spiro atoms. The summed E-state index contributed by atoms with van der Waals surface area (Å²) in [5, 5.41) is 3.27. The molecular weight excluding hydrogens is 245 g/mol. The van der Waals surface area contributed by atoms with Gasteiger partial charge in [0.15, 0.2) is 0 Å². The quantitative estimate of drug-likeness (QED) is 0.849. The zero-order chi connectivity index (χ0) is 13.9. The summed E-state index contributed by atoms with van der Waals surface area (Å²) in [4.78, 5) is 12.1. The lowest BCUT2D eigenvalue weighted by Crippen LogP contribution is -2.39. The predicted octanol–water partition coefficient (Wildman–Crippen LogP) is 2.26.